The van der Waals surface area contributed by atoms with Crippen LogP contribution in [0.2, 0.25) is 10.0 Å². The molecule has 2 N–H and O–H groups in total. The molecule has 1 aromatic rings. The van der Waals surface area contributed by atoms with E-state index in [1.165, 1.54) is 6.26 Å². The van der Waals surface area contributed by atoms with Gasteiger partial charge in [-0.3, -0.25) is 9.94 Å². The third kappa shape index (κ3) is 2.99. The van der Waals surface area contributed by atoms with Crippen LogP contribution in [0.3, 0.4) is 0 Å². The van der Waals surface area contributed by atoms with Crippen LogP contribution < -0.4 is 5.73 Å². The van der Waals surface area contributed by atoms with E-state index >= 15 is 0 Å². The molecule has 1 aliphatic rings. The number of nitrogens with zero attached hydrogens (tertiary/aromatic N) is 3. The highest BCUT2D eigenvalue weighted by molar-refractivity contribution is 7.88. The van der Waals surface area contributed by atoms with Crippen LogP contribution in [-0.2, 0) is 22.6 Å². The van der Waals surface area contributed by atoms with Gasteiger partial charge in [0.05, 0.1) is 26.4 Å². The van der Waals surface area contributed by atoms with Gasteiger partial charge in [0.1, 0.15) is 11.6 Å². The molecule has 0 aliphatic carbocycles. The van der Waals surface area contributed by atoms with Gasteiger partial charge in [0.25, 0.3) is 0 Å². The molecule has 122 valence electrons. The van der Waals surface area contributed by atoms with Crippen LogP contribution in [0.25, 0.3) is 0 Å². The van der Waals surface area contributed by atoms with Crippen LogP contribution in [-0.4, -0.2) is 10.5 Å². The van der Waals surface area contributed by atoms with Gasteiger partial charge in [-0.05, 0) is 12.1 Å². The van der Waals surface area contributed by atoms with E-state index in [4.69, 9.17) is 28.9 Å². The third-order valence-corrected chi connectivity index (χ3v) is 4.45. The lowest BCUT2D eigenvalue weighted by Crippen LogP contribution is -2.36. The minimum absolute atomic E-state index is 0.179. The van der Waals surface area contributed by atoms with Crippen molar-refractivity contribution in [2.24, 2.45) is 16.0 Å². The van der Waals surface area contributed by atoms with Gasteiger partial charge >= 0.3 is 6.18 Å². The van der Waals surface area contributed by atoms with Crippen molar-refractivity contribution in [3.05, 3.63) is 43.9 Å². The molecule has 0 amide bonds. The molecule has 0 radical (unpaired) electrons. The normalized spacial score (nSPS) is 22.3. The van der Waals surface area contributed by atoms with Crippen LogP contribution in [0.1, 0.15) is 11.1 Å². The average Bonchev–Trinajstić information content (AvgIpc) is 2.74. The minimum atomic E-state index is -4.66. The minimum Gasteiger partial charge on any atom is -0.297 e. The second-order valence-electron chi connectivity index (χ2n) is 4.53. The highest BCUT2D eigenvalue weighted by Gasteiger charge is 2.44. The monoisotopic (exact) mass is 382 g/mol. The number of alkyl halides is 3. The van der Waals surface area contributed by atoms with Crippen molar-refractivity contribution in [1.29, 1.82) is 5.26 Å². The van der Waals surface area contributed by atoms with Crippen LogP contribution in [0.15, 0.2) is 33.0 Å². The summed E-state index contributed by atoms with van der Waals surface area (Å²) in [7, 11) is -1.67. The summed E-state index contributed by atoms with van der Waals surface area (Å²) in [4.78, 5) is 0. The lowest BCUT2D eigenvalue weighted by atomic mass is 9.93. The molecule has 1 aliphatic heterocycles. The molecule has 0 bridgehead atoms. The first-order valence-corrected chi connectivity index (χ1v) is 8.10. The number of rotatable bonds is 2. The number of nitrogens with two attached hydrogens (primary N) is 1. The van der Waals surface area contributed by atoms with Gasteiger partial charge in [-0.25, -0.2) is 0 Å². The molecule has 2 rings (SSSR count). The predicted octanol–water partition coefficient (Wildman–Crippen LogP) is 3.70. The maximum Gasteiger partial charge on any atom is 0.416 e. The van der Waals surface area contributed by atoms with Gasteiger partial charge < -0.3 is 0 Å². The Morgan fingerprint density at radius 1 is 1.35 bits per heavy atom. The largest absolute Gasteiger partial charge is 0.416 e. The highest BCUT2D eigenvalue weighted by Crippen LogP contribution is 2.45. The first kappa shape index (κ1) is 17.9. The van der Waals surface area contributed by atoms with E-state index in [1.807, 2.05) is 0 Å². The van der Waals surface area contributed by atoms with Gasteiger partial charge in [0.2, 0.25) is 0 Å². The summed E-state index contributed by atoms with van der Waals surface area (Å²) in [6.07, 6.45) is -3.40. The quantitative estimate of drug-likeness (QED) is 0.844. The maximum absolute atomic E-state index is 12.8. The molecular formula is C12H7Cl2F3N4OS. The van der Waals surface area contributed by atoms with Crippen molar-refractivity contribution in [1.82, 2.24) is 0 Å². The number of hydrogen-bond donors (Lipinski definition) is 1. The Balaban J connectivity index is 2.71. The smallest absolute Gasteiger partial charge is 0.297 e. The van der Waals surface area contributed by atoms with Crippen molar-refractivity contribution in [3.63, 3.8) is 0 Å². The molecule has 0 saturated carbocycles. The molecular weight excluding hydrogens is 376 g/mol. The summed E-state index contributed by atoms with van der Waals surface area (Å²) < 4.78 is 49.9. The van der Waals surface area contributed by atoms with Gasteiger partial charge in [-0.15, -0.1) is 5.11 Å². The summed E-state index contributed by atoms with van der Waals surface area (Å²) in [6, 6.07) is 2.97. The molecule has 5 nitrogen and oxygen atoms in total. The molecule has 0 spiro atoms. The van der Waals surface area contributed by atoms with Gasteiger partial charge in [0, 0.05) is 11.8 Å². The number of halogens is 5. The van der Waals surface area contributed by atoms with E-state index in [9.17, 15) is 22.6 Å². The Kier molecular flexibility index (Phi) is 4.56. The topological polar surface area (TPSA) is 91.6 Å². The van der Waals surface area contributed by atoms with Crippen molar-refractivity contribution < 1.29 is 17.4 Å². The van der Waals surface area contributed by atoms with Crippen molar-refractivity contribution in [3.8, 4) is 6.07 Å². The molecule has 23 heavy (non-hydrogen) atoms. The average molecular weight is 383 g/mol. The summed E-state index contributed by atoms with van der Waals surface area (Å²) in [6.45, 7) is 0. The van der Waals surface area contributed by atoms with Crippen molar-refractivity contribution in [2.75, 3.05) is 6.26 Å². The van der Waals surface area contributed by atoms with Crippen LogP contribution in [0, 0.1) is 11.3 Å². The fourth-order valence-corrected chi connectivity index (χ4v) is 3.42. The zero-order valence-electron chi connectivity index (χ0n) is 11.3. The first-order valence-electron chi connectivity index (χ1n) is 5.79. The molecule has 0 fully saturated rings. The van der Waals surface area contributed by atoms with E-state index in [0.29, 0.717) is 12.1 Å². The molecule has 0 aromatic heterocycles. The molecule has 1 aromatic carbocycles. The fraction of sp³-hybridized carbons (Fsp3) is 0.250. The Labute approximate surface area is 141 Å². The van der Waals surface area contributed by atoms with E-state index in [1.54, 1.807) is 6.07 Å². The Morgan fingerprint density at radius 2 is 1.87 bits per heavy atom. The summed E-state index contributed by atoms with van der Waals surface area (Å²) in [5, 5.41) is 15.5. The second kappa shape index (κ2) is 5.87. The molecule has 1 heterocycles. The predicted molar refractivity (Wildman–Crippen MR) is 78.9 cm³/mol. The Bertz CT molecular complexity index is 792. The zero-order valence-corrected chi connectivity index (χ0v) is 13.6. The van der Waals surface area contributed by atoms with Gasteiger partial charge in [0.15, 0.2) is 10.7 Å². The summed E-state index contributed by atoms with van der Waals surface area (Å²) in [5.74, 6) is 0. The maximum atomic E-state index is 12.8. The van der Waals surface area contributed by atoms with E-state index in [2.05, 4.69) is 10.2 Å². The number of benzene rings is 1. The SMILES string of the molecule is CS(=O)C1=C(C#N)C(N)(c2c(Cl)cc(C(F)(F)F)cc2Cl)N=N1. The standard InChI is InChI=1S/C12H7Cl2F3N4OS/c1-23(22)10-6(4-18)11(19,21-20-10)9-7(13)2-5(3-8(9)14)12(15,16)17/h2-3H,19H2,1H3. The lowest BCUT2D eigenvalue weighted by Gasteiger charge is -2.23. The molecule has 2 unspecified atom stereocenters. The number of nitriles is 1. The van der Waals surface area contributed by atoms with Gasteiger partial charge in [-0.2, -0.15) is 23.5 Å². The van der Waals surface area contributed by atoms with E-state index in [0.717, 1.165) is 0 Å². The summed E-state index contributed by atoms with van der Waals surface area (Å²) in [5.41, 5.74) is 2.43. The third-order valence-electron chi connectivity index (χ3n) is 3.03. The summed E-state index contributed by atoms with van der Waals surface area (Å²) >= 11 is 11.8. The molecule has 11 heteroatoms. The Hall–Kier alpha value is -1.47. The van der Waals surface area contributed by atoms with Crippen LogP contribution >= 0.6 is 23.2 Å². The number of hydrogen-bond acceptors (Lipinski definition) is 5. The van der Waals surface area contributed by atoms with Crippen LogP contribution in [0.5, 0.6) is 0 Å². The zero-order chi connectivity index (χ0) is 17.6. The fourth-order valence-electron chi connectivity index (χ4n) is 2.00. The molecule has 0 saturated heterocycles. The Morgan fingerprint density at radius 3 is 2.26 bits per heavy atom. The van der Waals surface area contributed by atoms with E-state index < -0.39 is 38.2 Å². The lowest BCUT2D eigenvalue weighted by molar-refractivity contribution is -0.137. The van der Waals surface area contributed by atoms with E-state index in [-0.39, 0.29) is 16.2 Å². The van der Waals surface area contributed by atoms with Crippen molar-refractivity contribution in [2.45, 2.75) is 11.8 Å². The van der Waals surface area contributed by atoms with Crippen molar-refractivity contribution >= 4 is 34.0 Å². The second-order valence-corrected chi connectivity index (χ2v) is 6.63. The van der Waals surface area contributed by atoms with Crippen LogP contribution in [0.4, 0.5) is 13.2 Å². The highest BCUT2D eigenvalue weighted by atomic mass is 35.5. The van der Waals surface area contributed by atoms with Gasteiger partial charge in [-0.1, -0.05) is 23.2 Å². The molecule has 2 atom stereocenters. The number of azo groups is 1. The first-order chi connectivity index (χ1) is 10.5.